The maximum atomic E-state index is 12.3. The first-order valence-electron chi connectivity index (χ1n) is 8.35. The van der Waals surface area contributed by atoms with Gasteiger partial charge >= 0.3 is 0 Å². The molecule has 0 fully saturated rings. The number of nitrogens with one attached hydrogen (secondary N) is 1. The molecule has 0 bridgehead atoms. The number of rotatable bonds is 6. The summed E-state index contributed by atoms with van der Waals surface area (Å²) < 4.78 is 17.8. The van der Waals surface area contributed by atoms with E-state index in [0.29, 0.717) is 22.9 Å². The van der Waals surface area contributed by atoms with Crippen molar-refractivity contribution in [1.82, 2.24) is 25.3 Å². The summed E-state index contributed by atoms with van der Waals surface area (Å²) in [5, 5.41) is 10.9. The van der Waals surface area contributed by atoms with Crippen molar-refractivity contribution in [1.29, 1.82) is 0 Å². The summed E-state index contributed by atoms with van der Waals surface area (Å²) in [6.07, 6.45) is 4.42. The van der Waals surface area contributed by atoms with Gasteiger partial charge in [0.25, 0.3) is 5.91 Å². The number of fused-ring (bicyclic) bond motifs is 1. The molecule has 3 heterocycles. The maximum absolute atomic E-state index is 12.3. The number of benzene rings is 1. The van der Waals surface area contributed by atoms with Crippen LogP contribution >= 0.6 is 0 Å². The number of amides is 1. The molecule has 138 valence electrons. The predicted octanol–water partition coefficient (Wildman–Crippen LogP) is 1.47. The third-order valence-corrected chi connectivity index (χ3v) is 3.94. The molecule has 0 aliphatic carbocycles. The fourth-order valence-corrected chi connectivity index (χ4v) is 2.53. The number of carbonyl (C=O) groups is 1. The molecule has 1 atom stereocenters. The second kappa shape index (κ2) is 7.32. The van der Waals surface area contributed by atoms with Crippen molar-refractivity contribution >= 4 is 5.91 Å². The lowest BCUT2D eigenvalue weighted by atomic mass is 10.3. The van der Waals surface area contributed by atoms with Gasteiger partial charge in [-0.3, -0.25) is 9.78 Å². The molecule has 0 saturated carbocycles. The van der Waals surface area contributed by atoms with Crippen LogP contribution in [0.4, 0.5) is 0 Å². The molecule has 1 amide bonds. The zero-order chi connectivity index (χ0) is 18.6. The van der Waals surface area contributed by atoms with Crippen molar-refractivity contribution in [2.24, 2.45) is 0 Å². The Balaban J connectivity index is 1.32. The van der Waals surface area contributed by atoms with Crippen molar-refractivity contribution in [2.45, 2.75) is 19.6 Å². The van der Waals surface area contributed by atoms with Crippen molar-refractivity contribution in [3.63, 3.8) is 0 Å². The standard InChI is InChI=1S/C18H17N5O4/c1-12(27-15-2-3-16-17(8-15)26-11-25-16)18(24)20-9-13-10-23(22-21-13)14-4-6-19-7-5-14/h2-8,10,12H,9,11H2,1H3,(H,20,24). The van der Waals surface area contributed by atoms with E-state index in [1.165, 1.54) is 0 Å². The number of pyridine rings is 1. The van der Waals surface area contributed by atoms with Gasteiger partial charge in [0.15, 0.2) is 17.6 Å². The second-order valence-corrected chi connectivity index (χ2v) is 5.85. The second-order valence-electron chi connectivity index (χ2n) is 5.85. The van der Waals surface area contributed by atoms with Crippen molar-refractivity contribution in [3.8, 4) is 22.9 Å². The van der Waals surface area contributed by atoms with Crippen molar-refractivity contribution in [2.75, 3.05) is 6.79 Å². The highest BCUT2D eigenvalue weighted by Gasteiger charge is 2.18. The largest absolute Gasteiger partial charge is 0.481 e. The summed E-state index contributed by atoms with van der Waals surface area (Å²) >= 11 is 0. The minimum Gasteiger partial charge on any atom is -0.481 e. The van der Waals surface area contributed by atoms with Crippen LogP contribution in [-0.2, 0) is 11.3 Å². The summed E-state index contributed by atoms with van der Waals surface area (Å²) in [7, 11) is 0. The average molecular weight is 367 g/mol. The predicted molar refractivity (Wildman–Crippen MR) is 93.7 cm³/mol. The molecule has 9 heteroatoms. The lowest BCUT2D eigenvalue weighted by Gasteiger charge is -2.14. The molecule has 1 aliphatic rings. The van der Waals surface area contributed by atoms with Crippen LogP contribution in [0.2, 0.25) is 0 Å². The van der Waals surface area contributed by atoms with Gasteiger partial charge in [0.1, 0.15) is 11.4 Å². The highest BCUT2D eigenvalue weighted by molar-refractivity contribution is 5.80. The van der Waals surface area contributed by atoms with Gasteiger partial charge in [-0.05, 0) is 31.2 Å². The first kappa shape index (κ1) is 16.8. The molecule has 1 N–H and O–H groups in total. The topological polar surface area (TPSA) is 100 Å². The Kier molecular flexibility index (Phi) is 4.56. The van der Waals surface area contributed by atoms with E-state index in [4.69, 9.17) is 14.2 Å². The Morgan fingerprint density at radius 2 is 2.07 bits per heavy atom. The fourth-order valence-electron chi connectivity index (χ4n) is 2.53. The number of hydrogen-bond donors (Lipinski definition) is 1. The summed E-state index contributed by atoms with van der Waals surface area (Å²) in [6.45, 7) is 2.11. The number of ether oxygens (including phenoxy) is 3. The van der Waals surface area contributed by atoms with Gasteiger partial charge in [-0.15, -0.1) is 5.10 Å². The number of carbonyl (C=O) groups excluding carboxylic acids is 1. The molecule has 0 spiro atoms. The van der Waals surface area contributed by atoms with E-state index in [-0.39, 0.29) is 19.2 Å². The Labute approximate surface area is 154 Å². The van der Waals surface area contributed by atoms with E-state index >= 15 is 0 Å². The third kappa shape index (κ3) is 3.81. The Bertz CT molecular complexity index is 944. The van der Waals surface area contributed by atoms with Gasteiger partial charge in [-0.25, -0.2) is 4.68 Å². The SMILES string of the molecule is CC(Oc1ccc2c(c1)OCO2)C(=O)NCc1cn(-c2ccncc2)nn1. The monoisotopic (exact) mass is 367 g/mol. The summed E-state index contributed by atoms with van der Waals surface area (Å²) in [4.78, 5) is 16.2. The molecular formula is C18H17N5O4. The average Bonchev–Trinajstić information content (AvgIpc) is 3.35. The van der Waals surface area contributed by atoms with Gasteiger partial charge in [0.05, 0.1) is 18.4 Å². The van der Waals surface area contributed by atoms with E-state index in [1.54, 1.807) is 48.4 Å². The van der Waals surface area contributed by atoms with E-state index in [2.05, 4.69) is 20.6 Å². The van der Waals surface area contributed by atoms with E-state index < -0.39 is 6.10 Å². The number of aromatic nitrogens is 4. The zero-order valence-electron chi connectivity index (χ0n) is 14.5. The Morgan fingerprint density at radius 3 is 2.93 bits per heavy atom. The lowest BCUT2D eigenvalue weighted by Crippen LogP contribution is -2.36. The molecule has 1 unspecified atom stereocenters. The fraction of sp³-hybridized carbons (Fsp3) is 0.222. The van der Waals surface area contributed by atoms with Gasteiger partial charge in [0.2, 0.25) is 6.79 Å². The van der Waals surface area contributed by atoms with Gasteiger partial charge in [-0.1, -0.05) is 5.21 Å². The van der Waals surface area contributed by atoms with E-state index in [9.17, 15) is 4.79 Å². The summed E-state index contributed by atoms with van der Waals surface area (Å²) in [5.41, 5.74) is 1.48. The molecule has 1 aromatic carbocycles. The van der Waals surface area contributed by atoms with Crippen LogP contribution in [0, 0.1) is 0 Å². The Morgan fingerprint density at radius 1 is 1.26 bits per heavy atom. The van der Waals surface area contributed by atoms with E-state index in [1.807, 2.05) is 12.1 Å². The lowest BCUT2D eigenvalue weighted by molar-refractivity contribution is -0.127. The molecule has 9 nitrogen and oxygen atoms in total. The van der Waals surface area contributed by atoms with Crippen LogP contribution in [0.1, 0.15) is 12.6 Å². The van der Waals surface area contributed by atoms with Gasteiger partial charge < -0.3 is 19.5 Å². The quantitative estimate of drug-likeness (QED) is 0.704. The van der Waals surface area contributed by atoms with E-state index in [0.717, 1.165) is 5.69 Å². The maximum Gasteiger partial charge on any atom is 0.261 e. The highest BCUT2D eigenvalue weighted by atomic mass is 16.7. The first-order valence-corrected chi connectivity index (χ1v) is 8.35. The summed E-state index contributed by atoms with van der Waals surface area (Å²) in [5.74, 6) is 1.54. The molecule has 4 rings (SSSR count). The molecule has 0 saturated heterocycles. The minimum atomic E-state index is -0.680. The summed E-state index contributed by atoms with van der Waals surface area (Å²) in [6, 6.07) is 8.82. The van der Waals surface area contributed by atoms with Crippen LogP contribution < -0.4 is 19.5 Å². The number of nitrogens with zero attached hydrogens (tertiary/aromatic N) is 4. The molecule has 3 aromatic rings. The zero-order valence-corrected chi connectivity index (χ0v) is 14.5. The van der Waals surface area contributed by atoms with Gasteiger partial charge in [0, 0.05) is 18.5 Å². The van der Waals surface area contributed by atoms with Gasteiger partial charge in [-0.2, -0.15) is 0 Å². The first-order chi connectivity index (χ1) is 13.2. The van der Waals surface area contributed by atoms with Crippen LogP contribution in [0.15, 0.2) is 48.9 Å². The smallest absolute Gasteiger partial charge is 0.261 e. The van der Waals surface area contributed by atoms with Crippen LogP contribution in [-0.4, -0.2) is 38.8 Å². The third-order valence-electron chi connectivity index (χ3n) is 3.94. The molecule has 0 radical (unpaired) electrons. The molecular weight excluding hydrogens is 350 g/mol. The Hall–Kier alpha value is -3.62. The molecule has 27 heavy (non-hydrogen) atoms. The van der Waals surface area contributed by atoms with Crippen molar-refractivity contribution < 1.29 is 19.0 Å². The highest BCUT2D eigenvalue weighted by Crippen LogP contribution is 2.35. The van der Waals surface area contributed by atoms with Crippen molar-refractivity contribution in [3.05, 3.63) is 54.6 Å². The number of hydrogen-bond acceptors (Lipinski definition) is 7. The van der Waals surface area contributed by atoms with Crippen LogP contribution in [0.25, 0.3) is 5.69 Å². The molecule has 1 aliphatic heterocycles. The van der Waals surface area contributed by atoms with Crippen LogP contribution in [0.3, 0.4) is 0 Å². The minimum absolute atomic E-state index is 0.189. The normalized spacial score (nSPS) is 13.2. The molecule has 2 aromatic heterocycles. The van der Waals surface area contributed by atoms with Crippen LogP contribution in [0.5, 0.6) is 17.2 Å².